The van der Waals surface area contributed by atoms with Crippen LogP contribution in [0.5, 0.6) is 0 Å². The van der Waals surface area contributed by atoms with Gasteiger partial charge in [-0.05, 0) is 37.2 Å². The predicted octanol–water partition coefficient (Wildman–Crippen LogP) is 4.73. The van der Waals surface area contributed by atoms with Crippen LogP contribution >= 0.6 is 11.6 Å². The minimum absolute atomic E-state index is 0.290. The largest absolute Gasteiger partial charge is 0.122 e. The second-order valence-corrected chi connectivity index (χ2v) is 6.05. The van der Waals surface area contributed by atoms with Crippen molar-refractivity contribution in [1.82, 2.24) is 0 Å². The van der Waals surface area contributed by atoms with Gasteiger partial charge in [-0.1, -0.05) is 49.6 Å². The molecule has 0 aromatic heterocycles. The van der Waals surface area contributed by atoms with Crippen molar-refractivity contribution in [2.45, 2.75) is 51.3 Å². The lowest BCUT2D eigenvalue weighted by Crippen LogP contribution is -2.26. The highest BCUT2D eigenvalue weighted by molar-refractivity contribution is 6.21. The maximum Gasteiger partial charge on any atom is 0.0430 e. The zero-order chi connectivity index (χ0) is 11.6. The number of hydrogen-bond acceptors (Lipinski definition) is 0. The van der Waals surface area contributed by atoms with E-state index < -0.39 is 0 Å². The topological polar surface area (TPSA) is 0 Å². The minimum Gasteiger partial charge on any atom is -0.122 e. The van der Waals surface area contributed by atoms with Crippen molar-refractivity contribution in [2.24, 2.45) is 5.41 Å². The molecule has 0 nitrogen and oxygen atoms in total. The molecular formula is C15H21Cl. The van der Waals surface area contributed by atoms with E-state index >= 15 is 0 Å². The average molecular weight is 237 g/mol. The van der Waals surface area contributed by atoms with E-state index in [9.17, 15) is 0 Å². The van der Waals surface area contributed by atoms with Gasteiger partial charge in [0.15, 0.2) is 0 Å². The normalized spacial score (nSPS) is 20.9. The van der Waals surface area contributed by atoms with Crippen molar-refractivity contribution in [2.75, 3.05) is 0 Å². The van der Waals surface area contributed by atoms with Gasteiger partial charge in [0.2, 0.25) is 0 Å². The van der Waals surface area contributed by atoms with Crippen LogP contribution in [0.2, 0.25) is 0 Å². The van der Waals surface area contributed by atoms with E-state index in [1.54, 1.807) is 0 Å². The molecule has 16 heavy (non-hydrogen) atoms. The summed E-state index contributed by atoms with van der Waals surface area (Å²) in [5.41, 5.74) is 3.06. The summed E-state index contributed by atoms with van der Waals surface area (Å²) in [4.78, 5) is 0. The van der Waals surface area contributed by atoms with Gasteiger partial charge in [-0.25, -0.2) is 0 Å². The monoisotopic (exact) mass is 236 g/mol. The SMILES string of the molecule is Cc1ccc(CC(Cl)C2(C)CCCC2)cc1. The summed E-state index contributed by atoms with van der Waals surface area (Å²) in [6.45, 7) is 4.48. The van der Waals surface area contributed by atoms with Crippen molar-refractivity contribution in [3.8, 4) is 0 Å². The molecule has 0 amide bonds. The summed E-state index contributed by atoms with van der Waals surface area (Å²) in [5, 5.41) is 0.290. The average Bonchev–Trinajstić information content (AvgIpc) is 2.70. The predicted molar refractivity (Wildman–Crippen MR) is 71.1 cm³/mol. The van der Waals surface area contributed by atoms with E-state index in [0.29, 0.717) is 5.41 Å². The first-order chi connectivity index (χ1) is 7.60. The molecule has 1 atom stereocenters. The molecule has 1 heteroatoms. The van der Waals surface area contributed by atoms with Crippen LogP contribution in [0.25, 0.3) is 0 Å². The van der Waals surface area contributed by atoms with Gasteiger partial charge in [-0.3, -0.25) is 0 Å². The van der Waals surface area contributed by atoms with Crippen molar-refractivity contribution < 1.29 is 0 Å². The van der Waals surface area contributed by atoms with Crippen molar-refractivity contribution in [1.29, 1.82) is 0 Å². The third-order valence-corrected chi connectivity index (χ3v) is 4.72. The molecule has 0 saturated heterocycles. The van der Waals surface area contributed by atoms with Gasteiger partial charge >= 0.3 is 0 Å². The molecule has 0 N–H and O–H groups in total. The number of rotatable bonds is 3. The number of hydrogen-bond donors (Lipinski definition) is 0. The van der Waals surface area contributed by atoms with Crippen LogP contribution in [-0.4, -0.2) is 5.38 Å². The third kappa shape index (κ3) is 2.60. The van der Waals surface area contributed by atoms with Crippen molar-refractivity contribution >= 4 is 11.6 Å². The first kappa shape index (κ1) is 12.0. The first-order valence-corrected chi connectivity index (χ1v) is 6.73. The maximum absolute atomic E-state index is 6.60. The summed E-state index contributed by atoms with van der Waals surface area (Å²) in [6.07, 6.45) is 6.32. The van der Waals surface area contributed by atoms with E-state index in [1.807, 2.05) is 0 Å². The molecule has 0 spiro atoms. The molecule has 1 aromatic carbocycles. The molecule has 88 valence electrons. The number of halogens is 1. The van der Waals surface area contributed by atoms with Gasteiger partial charge in [0.1, 0.15) is 0 Å². The highest BCUT2D eigenvalue weighted by Crippen LogP contribution is 2.43. The summed E-state index contributed by atoms with van der Waals surface area (Å²) >= 11 is 6.60. The van der Waals surface area contributed by atoms with E-state index in [2.05, 4.69) is 38.1 Å². The van der Waals surface area contributed by atoms with Gasteiger partial charge in [-0.2, -0.15) is 0 Å². The van der Waals surface area contributed by atoms with Crippen molar-refractivity contribution in [3.05, 3.63) is 35.4 Å². The summed E-state index contributed by atoms with van der Waals surface area (Å²) in [7, 11) is 0. The lowest BCUT2D eigenvalue weighted by atomic mass is 9.82. The summed E-state index contributed by atoms with van der Waals surface area (Å²) in [5.74, 6) is 0. The van der Waals surface area contributed by atoms with E-state index in [4.69, 9.17) is 11.6 Å². The Morgan fingerprint density at radius 2 is 1.75 bits per heavy atom. The fourth-order valence-corrected chi connectivity index (χ4v) is 3.07. The second kappa shape index (κ2) is 4.79. The maximum atomic E-state index is 6.60. The highest BCUT2D eigenvalue weighted by atomic mass is 35.5. The summed E-state index contributed by atoms with van der Waals surface area (Å²) < 4.78 is 0. The van der Waals surface area contributed by atoms with Gasteiger partial charge in [0, 0.05) is 5.38 Å². The molecular weight excluding hydrogens is 216 g/mol. The number of benzene rings is 1. The number of aryl methyl sites for hydroxylation is 1. The lowest BCUT2D eigenvalue weighted by molar-refractivity contribution is 0.316. The van der Waals surface area contributed by atoms with Crippen LogP contribution in [0.15, 0.2) is 24.3 Å². The Balaban J connectivity index is 2.01. The zero-order valence-electron chi connectivity index (χ0n) is 10.3. The van der Waals surface area contributed by atoms with Gasteiger partial charge < -0.3 is 0 Å². The third-order valence-electron chi connectivity index (χ3n) is 4.04. The van der Waals surface area contributed by atoms with Crippen LogP contribution in [0.4, 0.5) is 0 Å². The second-order valence-electron chi connectivity index (χ2n) is 5.52. The Hall–Kier alpha value is -0.490. The highest BCUT2D eigenvalue weighted by Gasteiger charge is 2.35. The molecule has 1 aliphatic carbocycles. The van der Waals surface area contributed by atoms with Gasteiger partial charge in [0.05, 0.1) is 0 Å². The molecule has 2 rings (SSSR count). The zero-order valence-corrected chi connectivity index (χ0v) is 11.1. The Labute approximate surface area is 104 Å². The molecule has 1 unspecified atom stereocenters. The fourth-order valence-electron chi connectivity index (χ4n) is 2.67. The smallest absolute Gasteiger partial charge is 0.0430 e. The van der Waals surface area contributed by atoms with Crippen LogP contribution < -0.4 is 0 Å². The molecule has 1 aromatic rings. The van der Waals surface area contributed by atoms with Crippen LogP contribution in [0.3, 0.4) is 0 Å². The Bertz CT molecular complexity index is 333. The quantitative estimate of drug-likeness (QED) is 0.666. The Morgan fingerprint density at radius 1 is 1.19 bits per heavy atom. The van der Waals surface area contributed by atoms with Crippen molar-refractivity contribution in [3.63, 3.8) is 0 Å². The molecule has 0 bridgehead atoms. The van der Waals surface area contributed by atoms with Crippen LogP contribution in [0.1, 0.15) is 43.7 Å². The van der Waals surface area contributed by atoms with Crippen LogP contribution in [0, 0.1) is 12.3 Å². The lowest BCUT2D eigenvalue weighted by Gasteiger charge is -2.29. The van der Waals surface area contributed by atoms with Gasteiger partial charge in [0.25, 0.3) is 0 Å². The first-order valence-electron chi connectivity index (χ1n) is 6.30. The summed E-state index contributed by atoms with van der Waals surface area (Å²) in [6, 6.07) is 8.78. The molecule has 1 fully saturated rings. The molecule has 0 radical (unpaired) electrons. The standard InChI is InChI=1S/C15H21Cl/c1-12-5-7-13(8-6-12)11-14(16)15(2)9-3-4-10-15/h5-8,14H,3-4,9-11H2,1-2H3. The minimum atomic E-state index is 0.290. The van der Waals surface area contributed by atoms with Crippen LogP contribution in [-0.2, 0) is 6.42 Å². The number of alkyl halides is 1. The molecule has 0 aliphatic heterocycles. The fraction of sp³-hybridized carbons (Fsp3) is 0.600. The van der Waals surface area contributed by atoms with E-state index in [0.717, 1.165) is 6.42 Å². The Morgan fingerprint density at radius 3 is 2.31 bits per heavy atom. The Kier molecular flexibility index (Phi) is 3.59. The molecule has 0 heterocycles. The molecule has 1 aliphatic rings. The van der Waals surface area contributed by atoms with E-state index in [1.165, 1.54) is 36.8 Å². The van der Waals surface area contributed by atoms with E-state index in [-0.39, 0.29) is 5.38 Å². The van der Waals surface area contributed by atoms with Gasteiger partial charge in [-0.15, -0.1) is 11.6 Å². The molecule has 1 saturated carbocycles.